The molecule has 3 atom stereocenters. The Kier molecular flexibility index (Phi) is 5.73. The van der Waals surface area contributed by atoms with Gasteiger partial charge in [0.05, 0.1) is 17.0 Å². The smallest absolute Gasteiger partial charge is 0.243 e. The van der Waals surface area contributed by atoms with E-state index in [0.29, 0.717) is 24.4 Å². The maximum atomic E-state index is 12.6. The van der Waals surface area contributed by atoms with E-state index in [9.17, 15) is 18.5 Å². The van der Waals surface area contributed by atoms with Crippen LogP contribution in [0.3, 0.4) is 0 Å². The molecule has 1 amide bonds. The fraction of sp³-hybridized carbons (Fsp3) is 0.440. The highest BCUT2D eigenvalue weighted by Crippen LogP contribution is 2.51. The molecule has 2 aromatic carbocycles. The summed E-state index contributed by atoms with van der Waals surface area (Å²) >= 11 is 0. The monoisotopic (exact) mass is 464 g/mol. The molecule has 33 heavy (non-hydrogen) atoms. The normalized spacial score (nSPS) is 27.2. The number of nitriles is 1. The number of sulfonamides is 1. The summed E-state index contributed by atoms with van der Waals surface area (Å²) < 4.78 is 26.5. The van der Waals surface area contributed by atoms with Crippen LogP contribution in [0.2, 0.25) is 0 Å². The van der Waals surface area contributed by atoms with Gasteiger partial charge < -0.3 is 10.6 Å². The third-order valence-electron chi connectivity index (χ3n) is 7.09. The van der Waals surface area contributed by atoms with E-state index in [-0.39, 0.29) is 17.9 Å². The molecule has 0 spiro atoms. The van der Waals surface area contributed by atoms with Crippen LogP contribution >= 0.6 is 0 Å². The van der Waals surface area contributed by atoms with Crippen molar-refractivity contribution in [3.8, 4) is 17.2 Å². The van der Waals surface area contributed by atoms with E-state index in [4.69, 9.17) is 0 Å². The van der Waals surface area contributed by atoms with Gasteiger partial charge in [0.1, 0.15) is 5.54 Å². The number of amides is 1. The summed E-state index contributed by atoms with van der Waals surface area (Å²) in [6.07, 6.45) is 4.45. The first-order valence-corrected chi connectivity index (χ1v) is 13.0. The molecule has 1 saturated carbocycles. The Bertz CT molecular complexity index is 1180. The van der Waals surface area contributed by atoms with E-state index >= 15 is 0 Å². The fourth-order valence-electron chi connectivity index (χ4n) is 4.74. The lowest BCUT2D eigenvalue weighted by Crippen LogP contribution is -2.50. The van der Waals surface area contributed by atoms with E-state index < -0.39 is 15.6 Å². The second-order valence-corrected chi connectivity index (χ2v) is 11.2. The summed E-state index contributed by atoms with van der Waals surface area (Å²) in [6.45, 7) is 2.02. The van der Waals surface area contributed by atoms with Crippen molar-refractivity contribution in [3.05, 3.63) is 54.1 Å². The van der Waals surface area contributed by atoms with Crippen LogP contribution in [-0.2, 0) is 14.8 Å². The molecule has 1 unspecified atom stereocenters. The van der Waals surface area contributed by atoms with Crippen LogP contribution in [0.25, 0.3) is 11.1 Å². The van der Waals surface area contributed by atoms with Crippen molar-refractivity contribution in [1.82, 2.24) is 14.9 Å². The summed E-state index contributed by atoms with van der Waals surface area (Å²) in [5.41, 5.74) is 2.10. The maximum Gasteiger partial charge on any atom is 0.243 e. The van der Waals surface area contributed by atoms with Crippen molar-refractivity contribution >= 4 is 15.9 Å². The molecule has 8 heteroatoms. The second kappa shape index (κ2) is 8.56. The Morgan fingerprint density at radius 3 is 2.24 bits per heavy atom. The predicted molar refractivity (Wildman–Crippen MR) is 125 cm³/mol. The molecule has 0 radical (unpaired) electrons. The van der Waals surface area contributed by atoms with E-state index in [2.05, 4.69) is 16.7 Å². The SMILES string of the molecule is N#CC1(NC(=O)[C@@H]2CCCCN2)C[C@@H]1c1ccc(-c2ccc(S(=O)(=O)N3CCC3)cc2)cc1. The quantitative estimate of drug-likeness (QED) is 0.684. The second-order valence-electron chi connectivity index (χ2n) is 9.24. The third-order valence-corrected chi connectivity index (χ3v) is 9.00. The van der Waals surface area contributed by atoms with E-state index in [1.165, 1.54) is 4.31 Å². The molecule has 3 fully saturated rings. The Morgan fingerprint density at radius 1 is 1.03 bits per heavy atom. The molecule has 5 rings (SSSR count). The van der Waals surface area contributed by atoms with Crippen molar-refractivity contribution in [2.24, 2.45) is 0 Å². The van der Waals surface area contributed by atoms with Gasteiger partial charge in [-0.15, -0.1) is 0 Å². The average molecular weight is 465 g/mol. The van der Waals surface area contributed by atoms with E-state index in [0.717, 1.165) is 48.9 Å². The number of hydrogen-bond acceptors (Lipinski definition) is 5. The zero-order valence-electron chi connectivity index (χ0n) is 18.5. The van der Waals surface area contributed by atoms with Crippen LogP contribution in [0.5, 0.6) is 0 Å². The molecule has 3 aliphatic rings. The molecule has 2 heterocycles. The van der Waals surface area contributed by atoms with Gasteiger partial charge in [0, 0.05) is 19.0 Å². The van der Waals surface area contributed by atoms with Gasteiger partial charge >= 0.3 is 0 Å². The Labute approximate surface area is 194 Å². The number of hydrogen-bond donors (Lipinski definition) is 2. The van der Waals surface area contributed by atoms with Crippen LogP contribution in [0.1, 0.15) is 43.6 Å². The number of piperidine rings is 1. The predicted octanol–water partition coefficient (Wildman–Crippen LogP) is 2.76. The number of nitrogens with one attached hydrogen (secondary N) is 2. The summed E-state index contributed by atoms with van der Waals surface area (Å²) in [6, 6.07) is 17.1. The zero-order valence-corrected chi connectivity index (χ0v) is 19.3. The first-order chi connectivity index (χ1) is 15.9. The molecular weight excluding hydrogens is 436 g/mol. The first-order valence-electron chi connectivity index (χ1n) is 11.6. The minimum atomic E-state index is -3.38. The lowest BCUT2D eigenvalue weighted by Gasteiger charge is -2.29. The highest BCUT2D eigenvalue weighted by atomic mass is 32.2. The van der Waals surface area contributed by atoms with Crippen molar-refractivity contribution in [1.29, 1.82) is 5.26 Å². The van der Waals surface area contributed by atoms with Crippen LogP contribution in [-0.4, -0.2) is 49.8 Å². The molecule has 2 aliphatic heterocycles. The molecule has 1 aliphatic carbocycles. The average Bonchev–Trinajstić information content (AvgIpc) is 3.53. The van der Waals surface area contributed by atoms with Gasteiger partial charge in [0.15, 0.2) is 0 Å². The van der Waals surface area contributed by atoms with Gasteiger partial charge in [0.25, 0.3) is 0 Å². The number of carbonyl (C=O) groups excluding carboxylic acids is 1. The first kappa shape index (κ1) is 22.1. The van der Waals surface area contributed by atoms with Crippen molar-refractivity contribution in [3.63, 3.8) is 0 Å². The van der Waals surface area contributed by atoms with Gasteiger partial charge in [-0.2, -0.15) is 9.57 Å². The van der Waals surface area contributed by atoms with Gasteiger partial charge in [-0.25, -0.2) is 8.42 Å². The highest BCUT2D eigenvalue weighted by molar-refractivity contribution is 7.89. The Balaban J connectivity index is 1.26. The lowest BCUT2D eigenvalue weighted by atomic mass is 10.00. The summed E-state index contributed by atoms with van der Waals surface area (Å²) in [4.78, 5) is 12.9. The molecule has 2 N–H and O–H groups in total. The lowest BCUT2D eigenvalue weighted by molar-refractivity contribution is -0.124. The zero-order chi connectivity index (χ0) is 23.1. The summed E-state index contributed by atoms with van der Waals surface area (Å²) in [5, 5.41) is 16.0. The summed E-state index contributed by atoms with van der Waals surface area (Å²) in [5.74, 6) is -0.100. The third kappa shape index (κ3) is 4.17. The van der Waals surface area contributed by atoms with Crippen LogP contribution in [0, 0.1) is 11.3 Å². The minimum absolute atomic E-state index is 0.0202. The fourth-order valence-corrected chi connectivity index (χ4v) is 6.26. The van der Waals surface area contributed by atoms with E-state index in [1.807, 2.05) is 36.4 Å². The number of benzene rings is 2. The highest BCUT2D eigenvalue weighted by Gasteiger charge is 2.57. The van der Waals surface area contributed by atoms with Crippen LogP contribution < -0.4 is 10.6 Å². The van der Waals surface area contributed by atoms with E-state index in [1.54, 1.807) is 12.1 Å². The van der Waals surface area contributed by atoms with Crippen LogP contribution in [0.15, 0.2) is 53.4 Å². The van der Waals surface area contributed by atoms with Gasteiger partial charge in [-0.05, 0) is 61.1 Å². The van der Waals surface area contributed by atoms with Crippen molar-refractivity contribution in [2.75, 3.05) is 19.6 Å². The van der Waals surface area contributed by atoms with Gasteiger partial charge in [-0.1, -0.05) is 42.8 Å². The number of nitrogens with zero attached hydrogens (tertiary/aromatic N) is 2. The Morgan fingerprint density at radius 2 is 1.70 bits per heavy atom. The van der Waals surface area contributed by atoms with Gasteiger partial charge in [-0.3, -0.25) is 4.79 Å². The number of rotatable bonds is 6. The van der Waals surface area contributed by atoms with Crippen molar-refractivity contribution < 1.29 is 13.2 Å². The molecular formula is C25H28N4O3S. The van der Waals surface area contributed by atoms with Crippen LogP contribution in [0.4, 0.5) is 0 Å². The maximum absolute atomic E-state index is 12.6. The molecule has 2 saturated heterocycles. The molecule has 172 valence electrons. The molecule has 2 aromatic rings. The largest absolute Gasteiger partial charge is 0.336 e. The number of carbonyl (C=O) groups is 1. The minimum Gasteiger partial charge on any atom is -0.336 e. The van der Waals surface area contributed by atoms with Gasteiger partial charge in [0.2, 0.25) is 15.9 Å². The molecule has 0 bridgehead atoms. The Hall–Kier alpha value is -2.73. The molecule has 0 aromatic heterocycles. The summed E-state index contributed by atoms with van der Waals surface area (Å²) in [7, 11) is -3.38. The van der Waals surface area contributed by atoms with Crippen molar-refractivity contribution in [2.45, 2.75) is 54.5 Å². The topological polar surface area (TPSA) is 102 Å². The standard InChI is InChI=1S/C25H28N4O3S/c26-17-25(28-24(30)23-4-1-2-13-27-23)16-22(25)20-7-5-18(6-8-20)19-9-11-21(12-10-19)33(31,32)29-14-3-15-29/h5-12,22-23,27H,1-4,13-16H2,(H,28,30)/t22-,23+,25?/m1/s1. The molecule has 7 nitrogen and oxygen atoms in total.